The average Bonchev–Trinajstić information content (AvgIpc) is 2.36. The first-order valence-corrected chi connectivity index (χ1v) is 6.44. The quantitative estimate of drug-likeness (QED) is 0.863. The highest BCUT2D eigenvalue weighted by Crippen LogP contribution is 2.21. The van der Waals surface area contributed by atoms with Gasteiger partial charge in [0, 0.05) is 25.3 Å². The molecule has 1 aliphatic heterocycles. The normalized spacial score (nSPS) is 16.1. The van der Waals surface area contributed by atoms with Crippen LogP contribution in [0, 0.1) is 6.92 Å². The Morgan fingerprint density at radius 1 is 1.42 bits per heavy atom. The van der Waals surface area contributed by atoms with E-state index in [1.54, 1.807) is 12.1 Å². The third-order valence-corrected chi connectivity index (χ3v) is 2.99. The fraction of sp³-hybridized carbons (Fsp3) is 0.500. The van der Waals surface area contributed by atoms with Gasteiger partial charge in [-0.3, -0.25) is 4.79 Å². The Hall–Kier alpha value is -1.75. The summed E-state index contributed by atoms with van der Waals surface area (Å²) in [4.78, 5) is 11.7. The molecule has 2 N–H and O–H groups in total. The predicted molar refractivity (Wildman–Crippen MR) is 70.3 cm³/mol. The number of benzene rings is 1. The zero-order valence-electron chi connectivity index (χ0n) is 11.0. The van der Waals surface area contributed by atoms with Crippen molar-refractivity contribution < 1.29 is 19.4 Å². The summed E-state index contributed by atoms with van der Waals surface area (Å²) in [5.74, 6) is 0.493. The Balaban J connectivity index is 1.79. The number of phenols is 1. The number of nitrogens with one attached hydrogen (secondary N) is 1. The first kappa shape index (κ1) is 13.7. The number of aromatic hydroxyl groups is 1. The van der Waals surface area contributed by atoms with Gasteiger partial charge >= 0.3 is 0 Å². The number of aryl methyl sites for hydroxylation is 1. The lowest BCUT2D eigenvalue weighted by molar-refractivity contribution is -0.124. The average molecular weight is 265 g/mol. The van der Waals surface area contributed by atoms with Crippen LogP contribution in [0.25, 0.3) is 0 Å². The van der Waals surface area contributed by atoms with E-state index in [1.165, 1.54) is 6.07 Å². The van der Waals surface area contributed by atoms with Crippen molar-refractivity contribution in [2.75, 3.05) is 19.8 Å². The van der Waals surface area contributed by atoms with Crippen molar-refractivity contribution in [1.82, 2.24) is 5.32 Å². The molecule has 0 unspecified atom stereocenters. The first-order chi connectivity index (χ1) is 9.13. The van der Waals surface area contributed by atoms with E-state index in [0.29, 0.717) is 19.0 Å². The van der Waals surface area contributed by atoms with Gasteiger partial charge in [-0.2, -0.15) is 0 Å². The number of rotatable bonds is 4. The summed E-state index contributed by atoms with van der Waals surface area (Å²) in [6, 6.07) is 5.08. The second kappa shape index (κ2) is 6.43. The Morgan fingerprint density at radius 2 is 2.16 bits per heavy atom. The third-order valence-electron chi connectivity index (χ3n) is 2.99. The molecule has 1 aromatic carbocycles. The molecule has 1 amide bonds. The molecule has 0 aromatic heterocycles. The highest BCUT2D eigenvalue weighted by molar-refractivity contribution is 5.77. The van der Waals surface area contributed by atoms with Gasteiger partial charge < -0.3 is 19.9 Å². The van der Waals surface area contributed by atoms with E-state index in [2.05, 4.69) is 5.32 Å². The monoisotopic (exact) mass is 265 g/mol. The maximum atomic E-state index is 11.7. The van der Waals surface area contributed by atoms with Crippen molar-refractivity contribution in [3.05, 3.63) is 23.8 Å². The maximum absolute atomic E-state index is 11.7. The molecule has 0 atom stereocenters. The van der Waals surface area contributed by atoms with Crippen LogP contribution in [0.2, 0.25) is 0 Å². The second-order valence-electron chi connectivity index (χ2n) is 4.75. The molecule has 5 nitrogen and oxygen atoms in total. The molecular weight excluding hydrogens is 246 g/mol. The van der Waals surface area contributed by atoms with Crippen LogP contribution in [0.1, 0.15) is 18.4 Å². The van der Waals surface area contributed by atoms with Gasteiger partial charge in [-0.05, 0) is 37.5 Å². The minimum atomic E-state index is -0.145. The largest absolute Gasteiger partial charge is 0.508 e. The number of carbonyl (C=O) groups is 1. The number of phenolic OH excluding ortho intramolecular Hbond substituents is 1. The van der Waals surface area contributed by atoms with Crippen LogP contribution in [0.5, 0.6) is 11.5 Å². The van der Waals surface area contributed by atoms with Crippen LogP contribution in [0.3, 0.4) is 0 Å². The van der Waals surface area contributed by atoms with Crippen molar-refractivity contribution in [2.45, 2.75) is 25.8 Å². The summed E-state index contributed by atoms with van der Waals surface area (Å²) in [5, 5.41) is 12.3. The Kier molecular flexibility index (Phi) is 4.63. The van der Waals surface area contributed by atoms with Gasteiger partial charge in [0.15, 0.2) is 6.61 Å². The Bertz CT molecular complexity index is 421. The van der Waals surface area contributed by atoms with E-state index >= 15 is 0 Å². The number of hydrogen-bond donors (Lipinski definition) is 2. The van der Waals surface area contributed by atoms with E-state index < -0.39 is 0 Å². The van der Waals surface area contributed by atoms with Gasteiger partial charge in [0.1, 0.15) is 11.5 Å². The fourth-order valence-corrected chi connectivity index (χ4v) is 2.07. The number of carbonyl (C=O) groups excluding carboxylic acids is 1. The molecule has 1 fully saturated rings. The van der Waals surface area contributed by atoms with Crippen LogP contribution >= 0.6 is 0 Å². The molecule has 19 heavy (non-hydrogen) atoms. The van der Waals surface area contributed by atoms with Gasteiger partial charge in [-0.15, -0.1) is 0 Å². The van der Waals surface area contributed by atoms with Gasteiger partial charge in [-0.25, -0.2) is 0 Å². The number of amides is 1. The lowest BCUT2D eigenvalue weighted by Crippen LogP contribution is -2.41. The molecule has 2 rings (SSSR count). The second-order valence-corrected chi connectivity index (χ2v) is 4.75. The molecule has 1 aliphatic rings. The fourth-order valence-electron chi connectivity index (χ4n) is 2.07. The number of hydrogen-bond acceptors (Lipinski definition) is 4. The molecule has 1 aromatic rings. The van der Waals surface area contributed by atoms with E-state index in [-0.39, 0.29) is 24.3 Å². The molecule has 0 bridgehead atoms. The molecule has 5 heteroatoms. The standard InChI is InChI=1S/C14H19NO4/c1-10-6-12(16)8-13(7-10)19-9-14(17)15-11-2-4-18-5-3-11/h6-8,11,16H,2-5,9H2,1H3,(H,15,17). The van der Waals surface area contributed by atoms with Crippen LogP contribution in [-0.4, -0.2) is 36.9 Å². The summed E-state index contributed by atoms with van der Waals surface area (Å²) in [5.41, 5.74) is 0.889. The van der Waals surface area contributed by atoms with Crippen molar-refractivity contribution >= 4 is 5.91 Å². The minimum Gasteiger partial charge on any atom is -0.508 e. The summed E-state index contributed by atoms with van der Waals surface area (Å²) in [6.07, 6.45) is 1.69. The Labute approximate surface area is 112 Å². The van der Waals surface area contributed by atoms with E-state index in [0.717, 1.165) is 18.4 Å². The highest BCUT2D eigenvalue weighted by Gasteiger charge is 2.16. The van der Waals surface area contributed by atoms with Gasteiger partial charge in [0.05, 0.1) is 0 Å². The number of ether oxygens (including phenoxy) is 2. The van der Waals surface area contributed by atoms with Crippen LogP contribution in [0.4, 0.5) is 0 Å². The van der Waals surface area contributed by atoms with Crippen LogP contribution < -0.4 is 10.1 Å². The summed E-state index contributed by atoms with van der Waals surface area (Å²) >= 11 is 0. The molecule has 0 spiro atoms. The molecule has 104 valence electrons. The van der Waals surface area contributed by atoms with Crippen molar-refractivity contribution in [3.8, 4) is 11.5 Å². The predicted octanol–water partition coefficient (Wildman–Crippen LogP) is 1.37. The molecule has 0 aliphatic carbocycles. The zero-order valence-corrected chi connectivity index (χ0v) is 11.0. The molecular formula is C14H19NO4. The summed E-state index contributed by atoms with van der Waals surface area (Å²) in [7, 11) is 0. The molecule has 0 radical (unpaired) electrons. The molecule has 0 saturated carbocycles. The van der Waals surface area contributed by atoms with Gasteiger partial charge in [0.25, 0.3) is 5.91 Å². The van der Waals surface area contributed by atoms with Crippen LogP contribution in [0.15, 0.2) is 18.2 Å². The maximum Gasteiger partial charge on any atom is 0.258 e. The lowest BCUT2D eigenvalue weighted by Gasteiger charge is -2.23. The minimum absolute atomic E-state index is 0.0414. The van der Waals surface area contributed by atoms with Gasteiger partial charge in [0.2, 0.25) is 0 Å². The highest BCUT2D eigenvalue weighted by atomic mass is 16.5. The summed E-state index contributed by atoms with van der Waals surface area (Å²) in [6.45, 7) is 3.20. The van der Waals surface area contributed by atoms with E-state index in [9.17, 15) is 9.90 Å². The van der Waals surface area contributed by atoms with Crippen molar-refractivity contribution in [2.24, 2.45) is 0 Å². The molecule has 1 saturated heterocycles. The van der Waals surface area contributed by atoms with Gasteiger partial charge in [-0.1, -0.05) is 0 Å². The summed E-state index contributed by atoms with van der Waals surface area (Å²) < 4.78 is 10.6. The third kappa shape index (κ3) is 4.44. The Morgan fingerprint density at radius 3 is 2.84 bits per heavy atom. The zero-order chi connectivity index (χ0) is 13.7. The van der Waals surface area contributed by atoms with Crippen molar-refractivity contribution in [3.63, 3.8) is 0 Å². The van der Waals surface area contributed by atoms with Crippen molar-refractivity contribution in [1.29, 1.82) is 0 Å². The first-order valence-electron chi connectivity index (χ1n) is 6.44. The lowest BCUT2D eigenvalue weighted by atomic mass is 10.1. The topological polar surface area (TPSA) is 67.8 Å². The SMILES string of the molecule is Cc1cc(O)cc(OCC(=O)NC2CCOCC2)c1. The molecule has 1 heterocycles. The van der Waals surface area contributed by atoms with E-state index in [4.69, 9.17) is 9.47 Å². The van der Waals surface area contributed by atoms with E-state index in [1.807, 2.05) is 6.92 Å². The van der Waals surface area contributed by atoms with Crippen LogP contribution in [-0.2, 0) is 9.53 Å². The smallest absolute Gasteiger partial charge is 0.258 e.